The predicted octanol–water partition coefficient (Wildman–Crippen LogP) is 1.27. The molecule has 3 heterocycles. The zero-order valence-electron chi connectivity index (χ0n) is 15.2. The largest absolute Gasteiger partial charge is 0.376 e. The number of likely N-dealkylation sites (tertiary alicyclic amines) is 1. The van der Waals surface area contributed by atoms with Crippen molar-refractivity contribution in [1.82, 2.24) is 20.1 Å². The van der Waals surface area contributed by atoms with Gasteiger partial charge in [-0.3, -0.25) is 14.7 Å². The highest BCUT2D eigenvalue weighted by Crippen LogP contribution is 2.18. The summed E-state index contributed by atoms with van der Waals surface area (Å²) in [5.74, 6) is 0.100. The van der Waals surface area contributed by atoms with E-state index in [1.54, 1.807) is 0 Å². The second-order valence-electron chi connectivity index (χ2n) is 7.23. The van der Waals surface area contributed by atoms with Crippen LogP contribution in [0.4, 0.5) is 0 Å². The molecule has 0 bridgehead atoms. The number of ether oxygens (including phenoxy) is 1. The number of carbonyl (C=O) groups excluding carboxylic acids is 1. The highest BCUT2D eigenvalue weighted by molar-refractivity contribution is 5.78. The lowest BCUT2D eigenvalue weighted by Gasteiger charge is -2.37. The van der Waals surface area contributed by atoms with E-state index in [1.165, 1.54) is 5.56 Å². The van der Waals surface area contributed by atoms with E-state index in [2.05, 4.69) is 27.1 Å². The Morgan fingerprint density at radius 2 is 2.08 bits per heavy atom. The third-order valence-corrected chi connectivity index (χ3v) is 5.24. The molecule has 2 aliphatic rings. The molecule has 138 valence electrons. The number of nitrogens with zero attached hydrogens (tertiary/aromatic N) is 3. The fourth-order valence-corrected chi connectivity index (χ4v) is 3.67. The molecule has 2 saturated heterocycles. The zero-order chi connectivity index (χ0) is 17.5. The molecule has 25 heavy (non-hydrogen) atoms. The van der Waals surface area contributed by atoms with Gasteiger partial charge in [-0.2, -0.15) is 0 Å². The Bertz CT molecular complexity index is 525. The standard InChI is InChI=1S/C19H30N4O2/c1-22-10-6-17(7-11-22)23(14-16-4-8-20-9-5-16)15-19(24)21-13-18-3-2-12-25-18/h4-5,8-9,17-18H,2-3,6-7,10-15H2,1H3,(H,21,24)/t18-/m1/s1. The summed E-state index contributed by atoms with van der Waals surface area (Å²) in [7, 11) is 2.16. The molecule has 2 aliphatic heterocycles. The van der Waals surface area contributed by atoms with Crippen molar-refractivity contribution in [3.05, 3.63) is 30.1 Å². The van der Waals surface area contributed by atoms with Gasteiger partial charge in [0.2, 0.25) is 5.91 Å². The second kappa shape index (κ2) is 9.27. The van der Waals surface area contributed by atoms with Crippen molar-refractivity contribution < 1.29 is 9.53 Å². The summed E-state index contributed by atoms with van der Waals surface area (Å²) in [6.45, 7) is 4.89. The molecular formula is C19H30N4O2. The number of aromatic nitrogens is 1. The lowest BCUT2D eigenvalue weighted by Crippen LogP contribution is -2.48. The number of hydrogen-bond acceptors (Lipinski definition) is 5. The van der Waals surface area contributed by atoms with Crippen molar-refractivity contribution in [2.75, 3.05) is 39.8 Å². The van der Waals surface area contributed by atoms with Gasteiger partial charge in [-0.1, -0.05) is 0 Å². The summed E-state index contributed by atoms with van der Waals surface area (Å²) < 4.78 is 5.59. The van der Waals surface area contributed by atoms with Crippen LogP contribution in [0.15, 0.2) is 24.5 Å². The normalized spacial score (nSPS) is 22.4. The summed E-state index contributed by atoms with van der Waals surface area (Å²) in [6.07, 6.45) is 8.21. The van der Waals surface area contributed by atoms with E-state index in [1.807, 2.05) is 24.5 Å². The third-order valence-electron chi connectivity index (χ3n) is 5.24. The van der Waals surface area contributed by atoms with Crippen molar-refractivity contribution in [3.63, 3.8) is 0 Å². The molecule has 0 unspecified atom stereocenters. The van der Waals surface area contributed by atoms with Gasteiger partial charge in [0.05, 0.1) is 12.6 Å². The highest BCUT2D eigenvalue weighted by Gasteiger charge is 2.25. The summed E-state index contributed by atoms with van der Waals surface area (Å²) in [5.41, 5.74) is 1.21. The maximum absolute atomic E-state index is 12.5. The van der Waals surface area contributed by atoms with Gasteiger partial charge in [0.25, 0.3) is 0 Å². The van der Waals surface area contributed by atoms with Crippen molar-refractivity contribution in [2.24, 2.45) is 0 Å². The van der Waals surface area contributed by atoms with Crippen LogP contribution in [0.5, 0.6) is 0 Å². The SMILES string of the molecule is CN1CCC(N(CC(=O)NC[C@H]2CCCO2)Cc2ccncc2)CC1. The molecule has 0 aromatic carbocycles. The van der Waals surface area contributed by atoms with Crippen LogP contribution in [0.1, 0.15) is 31.2 Å². The van der Waals surface area contributed by atoms with Crippen LogP contribution in [0.25, 0.3) is 0 Å². The maximum Gasteiger partial charge on any atom is 0.234 e. The quantitative estimate of drug-likeness (QED) is 0.806. The first kappa shape index (κ1) is 18.3. The number of rotatable bonds is 7. The zero-order valence-corrected chi connectivity index (χ0v) is 15.2. The van der Waals surface area contributed by atoms with Gasteiger partial charge in [-0.15, -0.1) is 0 Å². The van der Waals surface area contributed by atoms with Gasteiger partial charge in [-0.05, 0) is 63.5 Å². The van der Waals surface area contributed by atoms with Gasteiger partial charge in [-0.25, -0.2) is 0 Å². The minimum absolute atomic E-state index is 0.100. The summed E-state index contributed by atoms with van der Waals surface area (Å²) in [5, 5.41) is 3.06. The summed E-state index contributed by atoms with van der Waals surface area (Å²) >= 11 is 0. The molecule has 0 spiro atoms. The van der Waals surface area contributed by atoms with Crippen LogP contribution in [0.3, 0.4) is 0 Å². The van der Waals surface area contributed by atoms with Crippen molar-refractivity contribution in [3.8, 4) is 0 Å². The maximum atomic E-state index is 12.5. The van der Waals surface area contributed by atoms with Crippen molar-refractivity contribution in [2.45, 2.75) is 44.4 Å². The van der Waals surface area contributed by atoms with Crippen LogP contribution in [0, 0.1) is 0 Å². The monoisotopic (exact) mass is 346 g/mol. The average molecular weight is 346 g/mol. The molecule has 0 radical (unpaired) electrons. The fourth-order valence-electron chi connectivity index (χ4n) is 3.67. The average Bonchev–Trinajstić information content (AvgIpc) is 3.15. The van der Waals surface area contributed by atoms with Gasteiger partial charge in [0.1, 0.15) is 0 Å². The Morgan fingerprint density at radius 1 is 1.32 bits per heavy atom. The van der Waals surface area contributed by atoms with E-state index in [0.29, 0.717) is 19.1 Å². The summed E-state index contributed by atoms with van der Waals surface area (Å²) in [4.78, 5) is 21.3. The Balaban J connectivity index is 1.55. The number of amides is 1. The molecule has 1 N–H and O–H groups in total. The Morgan fingerprint density at radius 3 is 2.76 bits per heavy atom. The molecule has 1 aromatic rings. The molecular weight excluding hydrogens is 316 g/mol. The molecule has 6 heteroatoms. The van der Waals surface area contributed by atoms with Crippen molar-refractivity contribution >= 4 is 5.91 Å². The topological polar surface area (TPSA) is 57.7 Å². The van der Waals surface area contributed by atoms with E-state index in [-0.39, 0.29) is 12.0 Å². The molecule has 3 rings (SSSR count). The van der Waals surface area contributed by atoms with Gasteiger partial charge in [0, 0.05) is 38.1 Å². The molecule has 2 fully saturated rings. The van der Waals surface area contributed by atoms with Crippen LogP contribution in [-0.2, 0) is 16.1 Å². The number of carbonyl (C=O) groups is 1. The number of hydrogen-bond donors (Lipinski definition) is 1. The van der Waals surface area contributed by atoms with Crippen molar-refractivity contribution in [1.29, 1.82) is 0 Å². The smallest absolute Gasteiger partial charge is 0.234 e. The first-order valence-electron chi connectivity index (χ1n) is 9.40. The highest BCUT2D eigenvalue weighted by atomic mass is 16.5. The van der Waals surface area contributed by atoms with Gasteiger partial charge in [0.15, 0.2) is 0 Å². The first-order chi connectivity index (χ1) is 12.2. The minimum atomic E-state index is 0.100. The second-order valence-corrected chi connectivity index (χ2v) is 7.23. The van der Waals surface area contributed by atoms with Crippen LogP contribution in [-0.4, -0.2) is 72.7 Å². The third kappa shape index (κ3) is 5.76. The van der Waals surface area contributed by atoms with E-state index < -0.39 is 0 Å². The predicted molar refractivity (Wildman–Crippen MR) is 97.1 cm³/mol. The molecule has 0 aliphatic carbocycles. The Hall–Kier alpha value is -1.50. The Kier molecular flexibility index (Phi) is 6.78. The number of piperidine rings is 1. The molecule has 6 nitrogen and oxygen atoms in total. The molecule has 1 amide bonds. The van der Waals surface area contributed by atoms with Crippen LogP contribution >= 0.6 is 0 Å². The molecule has 1 aromatic heterocycles. The lowest BCUT2D eigenvalue weighted by atomic mass is 10.0. The number of pyridine rings is 1. The number of nitrogens with one attached hydrogen (secondary N) is 1. The molecule has 1 atom stereocenters. The van der Waals surface area contributed by atoms with E-state index in [0.717, 1.165) is 51.9 Å². The van der Waals surface area contributed by atoms with E-state index >= 15 is 0 Å². The minimum Gasteiger partial charge on any atom is -0.376 e. The Labute approximate surface area is 150 Å². The first-order valence-corrected chi connectivity index (χ1v) is 9.40. The molecule has 0 saturated carbocycles. The summed E-state index contributed by atoms with van der Waals surface area (Å²) in [6, 6.07) is 4.52. The van der Waals surface area contributed by atoms with E-state index in [9.17, 15) is 4.79 Å². The van der Waals surface area contributed by atoms with Crippen LogP contribution < -0.4 is 5.32 Å². The van der Waals surface area contributed by atoms with E-state index in [4.69, 9.17) is 4.74 Å². The van der Waals surface area contributed by atoms with Gasteiger partial charge >= 0.3 is 0 Å². The van der Waals surface area contributed by atoms with Crippen LogP contribution in [0.2, 0.25) is 0 Å². The fraction of sp³-hybridized carbons (Fsp3) is 0.684. The lowest BCUT2D eigenvalue weighted by molar-refractivity contribution is -0.123. The van der Waals surface area contributed by atoms with Gasteiger partial charge < -0.3 is 15.0 Å².